The summed E-state index contributed by atoms with van der Waals surface area (Å²) in [6, 6.07) is 7.64. The van der Waals surface area contributed by atoms with Gasteiger partial charge in [0.25, 0.3) is 0 Å². The molecule has 0 aliphatic heterocycles. The van der Waals surface area contributed by atoms with Gasteiger partial charge >= 0.3 is 0 Å². The van der Waals surface area contributed by atoms with Crippen molar-refractivity contribution in [3.05, 3.63) is 34.9 Å². The predicted octanol–water partition coefficient (Wildman–Crippen LogP) is 1.37. The summed E-state index contributed by atoms with van der Waals surface area (Å²) < 4.78 is 24.0. The van der Waals surface area contributed by atoms with E-state index in [1.54, 1.807) is 0 Å². The van der Waals surface area contributed by atoms with Gasteiger partial charge in [0.15, 0.2) is 0 Å². The highest BCUT2D eigenvalue weighted by molar-refractivity contribution is 7.88. The molecule has 0 saturated heterocycles. The second-order valence-corrected chi connectivity index (χ2v) is 6.03. The van der Waals surface area contributed by atoms with E-state index in [4.69, 9.17) is 11.6 Å². The molecule has 2 N–H and O–H groups in total. The zero-order valence-electron chi connectivity index (χ0n) is 9.74. The van der Waals surface area contributed by atoms with Crippen LogP contribution in [0.15, 0.2) is 24.3 Å². The van der Waals surface area contributed by atoms with Gasteiger partial charge in [-0.05, 0) is 24.6 Å². The molecule has 1 aromatic rings. The first kappa shape index (κ1) is 14.4. The summed E-state index contributed by atoms with van der Waals surface area (Å²) in [6.45, 7) is 1.89. The monoisotopic (exact) mass is 276 g/mol. The molecule has 0 heterocycles. The Morgan fingerprint density at radius 3 is 2.59 bits per heavy atom. The Labute approximate surface area is 107 Å². The second-order valence-electron chi connectivity index (χ2n) is 3.79. The third kappa shape index (κ3) is 6.63. The molecule has 17 heavy (non-hydrogen) atoms. The van der Waals surface area contributed by atoms with Crippen LogP contribution < -0.4 is 10.0 Å². The van der Waals surface area contributed by atoms with Crippen LogP contribution in [0.25, 0.3) is 0 Å². The van der Waals surface area contributed by atoms with Gasteiger partial charge in [-0.15, -0.1) is 0 Å². The fourth-order valence-electron chi connectivity index (χ4n) is 1.34. The SMILES string of the molecule is CS(=O)(=O)NCCCNCc1ccccc1Cl. The maximum atomic E-state index is 10.8. The number of nitrogens with one attached hydrogen (secondary N) is 2. The van der Waals surface area contributed by atoms with Crippen molar-refractivity contribution in [1.82, 2.24) is 10.0 Å². The van der Waals surface area contributed by atoms with Gasteiger partial charge in [-0.3, -0.25) is 0 Å². The lowest BCUT2D eigenvalue weighted by Crippen LogP contribution is -2.26. The van der Waals surface area contributed by atoms with Gasteiger partial charge in [0.05, 0.1) is 6.26 Å². The van der Waals surface area contributed by atoms with Gasteiger partial charge in [-0.2, -0.15) is 0 Å². The molecular weight excluding hydrogens is 260 g/mol. The van der Waals surface area contributed by atoms with Crippen molar-refractivity contribution in [2.75, 3.05) is 19.3 Å². The molecule has 0 aromatic heterocycles. The molecule has 0 unspecified atom stereocenters. The van der Waals surface area contributed by atoms with Crippen molar-refractivity contribution in [2.45, 2.75) is 13.0 Å². The third-order valence-corrected chi connectivity index (χ3v) is 3.27. The van der Waals surface area contributed by atoms with Gasteiger partial charge in [-0.1, -0.05) is 29.8 Å². The largest absolute Gasteiger partial charge is 0.313 e. The molecule has 0 radical (unpaired) electrons. The van der Waals surface area contributed by atoms with Crippen LogP contribution in [0.1, 0.15) is 12.0 Å². The lowest BCUT2D eigenvalue weighted by molar-refractivity contribution is 0.579. The highest BCUT2D eigenvalue weighted by Crippen LogP contribution is 2.13. The third-order valence-electron chi connectivity index (χ3n) is 2.17. The molecule has 0 saturated carbocycles. The van der Waals surface area contributed by atoms with Crippen LogP contribution in [0, 0.1) is 0 Å². The molecule has 0 fully saturated rings. The van der Waals surface area contributed by atoms with E-state index in [9.17, 15) is 8.42 Å². The fourth-order valence-corrected chi connectivity index (χ4v) is 2.05. The molecule has 0 atom stereocenters. The smallest absolute Gasteiger partial charge is 0.208 e. The topological polar surface area (TPSA) is 58.2 Å². The van der Waals surface area contributed by atoms with E-state index in [-0.39, 0.29) is 0 Å². The number of sulfonamides is 1. The van der Waals surface area contributed by atoms with Crippen LogP contribution in [-0.2, 0) is 16.6 Å². The van der Waals surface area contributed by atoms with Gasteiger partial charge in [0.2, 0.25) is 10.0 Å². The first-order valence-corrected chi connectivity index (χ1v) is 7.65. The van der Waals surface area contributed by atoms with Crippen molar-refractivity contribution < 1.29 is 8.42 Å². The quantitative estimate of drug-likeness (QED) is 0.740. The minimum Gasteiger partial charge on any atom is -0.313 e. The van der Waals surface area contributed by atoms with Crippen LogP contribution in [0.5, 0.6) is 0 Å². The minimum atomic E-state index is -3.07. The summed E-state index contributed by atoms with van der Waals surface area (Å²) in [7, 11) is -3.07. The summed E-state index contributed by atoms with van der Waals surface area (Å²) >= 11 is 5.99. The van der Waals surface area contributed by atoms with E-state index in [2.05, 4.69) is 10.0 Å². The number of hydrogen-bond donors (Lipinski definition) is 2. The van der Waals surface area contributed by atoms with Crippen molar-refractivity contribution in [2.24, 2.45) is 0 Å². The maximum Gasteiger partial charge on any atom is 0.208 e. The van der Waals surface area contributed by atoms with Gasteiger partial charge in [0.1, 0.15) is 0 Å². The average molecular weight is 277 g/mol. The van der Waals surface area contributed by atoms with Gasteiger partial charge < -0.3 is 5.32 Å². The number of halogens is 1. The number of hydrogen-bond acceptors (Lipinski definition) is 3. The normalized spacial score (nSPS) is 11.6. The molecule has 6 heteroatoms. The van der Waals surface area contributed by atoms with Gasteiger partial charge in [0, 0.05) is 18.1 Å². The highest BCUT2D eigenvalue weighted by atomic mass is 35.5. The lowest BCUT2D eigenvalue weighted by atomic mass is 10.2. The van der Waals surface area contributed by atoms with Crippen LogP contribution in [-0.4, -0.2) is 27.8 Å². The second kappa shape index (κ2) is 6.96. The standard InChI is InChI=1S/C11H17ClN2O2S/c1-17(15,16)14-8-4-7-13-9-10-5-2-3-6-11(10)12/h2-3,5-6,13-14H,4,7-9H2,1H3. The molecule has 0 bridgehead atoms. The Morgan fingerprint density at radius 2 is 1.94 bits per heavy atom. The highest BCUT2D eigenvalue weighted by Gasteiger charge is 1.99. The van der Waals surface area contributed by atoms with Crippen molar-refractivity contribution in [1.29, 1.82) is 0 Å². The Morgan fingerprint density at radius 1 is 1.24 bits per heavy atom. The first-order valence-electron chi connectivity index (χ1n) is 5.38. The van der Waals surface area contributed by atoms with Crippen molar-refractivity contribution in [3.63, 3.8) is 0 Å². The summed E-state index contributed by atoms with van der Waals surface area (Å²) in [6.07, 6.45) is 1.90. The molecule has 96 valence electrons. The lowest BCUT2D eigenvalue weighted by Gasteiger charge is -2.06. The van der Waals surface area contributed by atoms with Crippen LogP contribution in [0.2, 0.25) is 5.02 Å². The molecule has 4 nitrogen and oxygen atoms in total. The van der Waals surface area contributed by atoms with E-state index in [0.29, 0.717) is 13.1 Å². The molecule has 1 rings (SSSR count). The van der Waals surface area contributed by atoms with Crippen molar-refractivity contribution >= 4 is 21.6 Å². The van der Waals surface area contributed by atoms with Gasteiger partial charge in [-0.25, -0.2) is 13.1 Å². The van der Waals surface area contributed by atoms with Crippen LogP contribution in [0.3, 0.4) is 0 Å². The Bertz CT molecular complexity index is 449. The summed E-state index contributed by atoms with van der Waals surface area (Å²) in [5.41, 5.74) is 1.05. The maximum absolute atomic E-state index is 10.8. The van der Waals surface area contributed by atoms with Crippen molar-refractivity contribution in [3.8, 4) is 0 Å². The van der Waals surface area contributed by atoms with E-state index >= 15 is 0 Å². The Hall–Kier alpha value is -0.620. The zero-order chi connectivity index (χ0) is 12.7. The first-order chi connectivity index (χ1) is 7.99. The fraction of sp³-hybridized carbons (Fsp3) is 0.455. The van der Waals surface area contributed by atoms with Crippen LogP contribution >= 0.6 is 11.6 Å². The summed E-state index contributed by atoms with van der Waals surface area (Å²) in [5.74, 6) is 0. The van der Waals surface area contributed by atoms with E-state index in [1.807, 2.05) is 24.3 Å². The Balaban J connectivity index is 2.15. The Kier molecular flexibility index (Phi) is 5.91. The molecule has 0 amide bonds. The molecular formula is C11H17ClN2O2S. The average Bonchev–Trinajstić information content (AvgIpc) is 2.24. The van der Waals surface area contributed by atoms with E-state index < -0.39 is 10.0 Å². The number of benzene rings is 1. The molecule has 1 aromatic carbocycles. The minimum absolute atomic E-state index is 0.453. The predicted molar refractivity (Wildman–Crippen MR) is 70.6 cm³/mol. The summed E-state index contributed by atoms with van der Waals surface area (Å²) in [5, 5.41) is 3.95. The number of rotatable bonds is 7. The van der Waals surface area contributed by atoms with E-state index in [1.165, 1.54) is 0 Å². The van der Waals surface area contributed by atoms with Crippen LogP contribution in [0.4, 0.5) is 0 Å². The molecule has 0 aliphatic carbocycles. The molecule has 0 aliphatic rings. The molecule has 0 spiro atoms. The van der Waals surface area contributed by atoms with E-state index in [0.717, 1.165) is 29.8 Å². The zero-order valence-corrected chi connectivity index (χ0v) is 11.3. The summed E-state index contributed by atoms with van der Waals surface area (Å²) in [4.78, 5) is 0.